The number of ether oxygens (including phenoxy) is 2. The van der Waals surface area contributed by atoms with Gasteiger partial charge in [-0.2, -0.15) is 5.10 Å². The lowest BCUT2D eigenvalue weighted by atomic mass is 9.97. The monoisotopic (exact) mass is 377 g/mol. The number of aliphatic hydroxyl groups is 1. The lowest BCUT2D eigenvalue weighted by molar-refractivity contribution is -0.131. The molecule has 1 N–H and O–H groups in total. The van der Waals surface area contributed by atoms with Crippen LogP contribution in [0.15, 0.2) is 23.4 Å². The van der Waals surface area contributed by atoms with Crippen molar-refractivity contribution in [3.05, 3.63) is 24.0 Å². The third kappa shape index (κ3) is 6.02. The number of aromatic nitrogens is 1. The molecule has 1 unspecified atom stereocenters. The normalized spacial score (nSPS) is 17.5. The minimum Gasteiger partial charge on any atom is -0.492 e. The minimum absolute atomic E-state index is 0.144. The van der Waals surface area contributed by atoms with Gasteiger partial charge in [0.05, 0.1) is 24.2 Å². The number of hydrogen-bond donors (Lipinski definition) is 1. The van der Waals surface area contributed by atoms with Crippen molar-refractivity contribution in [1.29, 1.82) is 0 Å². The first-order valence-corrected chi connectivity index (χ1v) is 9.06. The van der Waals surface area contributed by atoms with Crippen LogP contribution in [0.4, 0.5) is 4.79 Å². The van der Waals surface area contributed by atoms with Crippen molar-refractivity contribution in [2.24, 2.45) is 11.0 Å². The second kappa shape index (κ2) is 8.94. The predicted molar refractivity (Wildman–Crippen MR) is 99.4 cm³/mol. The van der Waals surface area contributed by atoms with Gasteiger partial charge in [-0.15, -0.1) is 5.01 Å². The number of carbonyl (C=O) groups is 2. The molecule has 8 heteroatoms. The molecule has 1 aromatic rings. The Morgan fingerprint density at radius 1 is 1.33 bits per heavy atom. The lowest BCUT2D eigenvalue weighted by Gasteiger charge is -2.28. The van der Waals surface area contributed by atoms with Gasteiger partial charge in [0.1, 0.15) is 11.4 Å². The van der Waals surface area contributed by atoms with Crippen LogP contribution < -0.4 is 4.74 Å². The van der Waals surface area contributed by atoms with E-state index in [1.807, 2.05) is 6.92 Å². The molecular weight excluding hydrogens is 350 g/mol. The Kier molecular flexibility index (Phi) is 6.90. The van der Waals surface area contributed by atoms with E-state index in [2.05, 4.69) is 10.1 Å². The number of rotatable bonds is 6. The van der Waals surface area contributed by atoms with Gasteiger partial charge in [0, 0.05) is 18.9 Å². The molecule has 2 amide bonds. The van der Waals surface area contributed by atoms with Crippen LogP contribution in [-0.4, -0.2) is 51.6 Å². The fourth-order valence-corrected chi connectivity index (χ4v) is 2.48. The van der Waals surface area contributed by atoms with Crippen LogP contribution in [-0.2, 0) is 9.53 Å². The maximum Gasteiger partial charge on any atom is 0.438 e. The first kappa shape index (κ1) is 20.8. The number of amides is 2. The van der Waals surface area contributed by atoms with E-state index in [0.717, 1.165) is 11.4 Å². The molecular formula is C19H27N3O5. The molecule has 0 saturated carbocycles. The zero-order valence-corrected chi connectivity index (χ0v) is 16.3. The van der Waals surface area contributed by atoms with Crippen LogP contribution in [0.3, 0.4) is 0 Å². The van der Waals surface area contributed by atoms with E-state index in [0.29, 0.717) is 30.2 Å². The van der Waals surface area contributed by atoms with E-state index in [4.69, 9.17) is 14.6 Å². The van der Waals surface area contributed by atoms with Crippen LogP contribution in [0.5, 0.6) is 5.75 Å². The Labute approximate surface area is 159 Å². The average Bonchev–Trinajstić information content (AvgIpc) is 2.58. The number of pyridine rings is 1. The second-order valence-corrected chi connectivity index (χ2v) is 7.43. The summed E-state index contributed by atoms with van der Waals surface area (Å²) < 4.78 is 10.8. The van der Waals surface area contributed by atoms with E-state index in [1.54, 1.807) is 39.1 Å². The zero-order valence-electron chi connectivity index (χ0n) is 16.3. The number of carbonyl (C=O) groups excluding carboxylic acids is 2. The SMILES string of the molecule is CC1CC(=O)N(C(=O)OC(C)(C)C)N=C1c1ccc(OCCCCO)cn1. The quantitative estimate of drug-likeness (QED) is 0.765. The fourth-order valence-electron chi connectivity index (χ4n) is 2.48. The number of unbranched alkanes of at least 4 members (excludes halogenated alkanes) is 1. The third-order valence-electron chi connectivity index (χ3n) is 3.78. The molecule has 0 spiro atoms. The Morgan fingerprint density at radius 3 is 2.67 bits per heavy atom. The molecule has 2 rings (SSSR count). The van der Waals surface area contributed by atoms with Gasteiger partial charge in [0.25, 0.3) is 5.91 Å². The third-order valence-corrected chi connectivity index (χ3v) is 3.78. The zero-order chi connectivity index (χ0) is 20.0. The molecule has 148 valence electrons. The van der Waals surface area contributed by atoms with Gasteiger partial charge in [-0.25, -0.2) is 4.79 Å². The molecule has 0 aromatic carbocycles. The summed E-state index contributed by atoms with van der Waals surface area (Å²) in [7, 11) is 0. The summed E-state index contributed by atoms with van der Waals surface area (Å²) in [6.07, 6.45) is 2.39. The van der Waals surface area contributed by atoms with Crippen LogP contribution in [0.2, 0.25) is 0 Å². The van der Waals surface area contributed by atoms with Crippen LogP contribution in [0, 0.1) is 5.92 Å². The maximum absolute atomic E-state index is 12.3. The molecule has 1 aliphatic rings. The summed E-state index contributed by atoms with van der Waals surface area (Å²) in [5, 5.41) is 13.8. The second-order valence-electron chi connectivity index (χ2n) is 7.43. The van der Waals surface area contributed by atoms with Gasteiger partial charge in [-0.1, -0.05) is 6.92 Å². The smallest absolute Gasteiger partial charge is 0.438 e. The Morgan fingerprint density at radius 2 is 2.07 bits per heavy atom. The van der Waals surface area contributed by atoms with Gasteiger partial charge in [0.2, 0.25) is 0 Å². The number of aliphatic hydroxyl groups excluding tert-OH is 1. The van der Waals surface area contributed by atoms with E-state index in [9.17, 15) is 9.59 Å². The number of nitrogens with zero attached hydrogens (tertiary/aromatic N) is 3. The predicted octanol–water partition coefficient (Wildman–Crippen LogP) is 2.74. The molecule has 0 fully saturated rings. The van der Waals surface area contributed by atoms with E-state index >= 15 is 0 Å². The van der Waals surface area contributed by atoms with Crippen molar-refractivity contribution in [2.75, 3.05) is 13.2 Å². The van der Waals surface area contributed by atoms with Crippen molar-refractivity contribution < 1.29 is 24.2 Å². The summed E-state index contributed by atoms with van der Waals surface area (Å²) in [6, 6.07) is 3.52. The molecule has 1 aromatic heterocycles. The van der Waals surface area contributed by atoms with Crippen molar-refractivity contribution in [2.45, 2.75) is 52.6 Å². The number of hydrogen-bond acceptors (Lipinski definition) is 7. The molecule has 2 heterocycles. The Balaban J connectivity index is 2.13. The van der Waals surface area contributed by atoms with Crippen molar-refractivity contribution in [3.8, 4) is 5.75 Å². The highest BCUT2D eigenvalue weighted by atomic mass is 16.6. The van der Waals surface area contributed by atoms with Gasteiger partial charge < -0.3 is 14.6 Å². The molecule has 27 heavy (non-hydrogen) atoms. The van der Waals surface area contributed by atoms with Crippen LogP contribution in [0.1, 0.15) is 52.7 Å². The summed E-state index contributed by atoms with van der Waals surface area (Å²) >= 11 is 0. The van der Waals surface area contributed by atoms with Gasteiger partial charge in [0.15, 0.2) is 0 Å². The molecule has 8 nitrogen and oxygen atoms in total. The Hall–Kier alpha value is -2.48. The summed E-state index contributed by atoms with van der Waals surface area (Å²) in [5.74, 6) is 0.0465. The highest BCUT2D eigenvalue weighted by Crippen LogP contribution is 2.22. The van der Waals surface area contributed by atoms with E-state index in [-0.39, 0.29) is 18.9 Å². The van der Waals surface area contributed by atoms with Crippen LogP contribution in [0.25, 0.3) is 0 Å². The summed E-state index contributed by atoms with van der Waals surface area (Å²) in [6.45, 7) is 7.70. The fraction of sp³-hybridized carbons (Fsp3) is 0.579. The van der Waals surface area contributed by atoms with Gasteiger partial charge in [-0.3, -0.25) is 9.78 Å². The molecule has 0 aliphatic carbocycles. The average molecular weight is 377 g/mol. The highest BCUT2D eigenvalue weighted by molar-refractivity contribution is 6.07. The summed E-state index contributed by atoms with van der Waals surface area (Å²) in [5.41, 5.74) is 0.405. The number of hydrazone groups is 1. The highest BCUT2D eigenvalue weighted by Gasteiger charge is 2.34. The van der Waals surface area contributed by atoms with Crippen LogP contribution >= 0.6 is 0 Å². The van der Waals surface area contributed by atoms with Gasteiger partial charge >= 0.3 is 6.09 Å². The first-order valence-electron chi connectivity index (χ1n) is 9.06. The molecule has 0 radical (unpaired) electrons. The molecule has 0 bridgehead atoms. The van der Waals surface area contributed by atoms with Crippen molar-refractivity contribution >= 4 is 17.7 Å². The van der Waals surface area contributed by atoms with E-state index in [1.165, 1.54) is 0 Å². The molecule has 0 saturated heterocycles. The van der Waals surface area contributed by atoms with Crippen molar-refractivity contribution in [1.82, 2.24) is 9.99 Å². The number of imide groups is 1. The topological polar surface area (TPSA) is 101 Å². The lowest BCUT2D eigenvalue weighted by Crippen LogP contribution is -2.42. The van der Waals surface area contributed by atoms with Crippen molar-refractivity contribution in [3.63, 3.8) is 0 Å². The minimum atomic E-state index is -0.791. The largest absolute Gasteiger partial charge is 0.492 e. The summed E-state index contributed by atoms with van der Waals surface area (Å²) in [4.78, 5) is 28.8. The maximum atomic E-state index is 12.3. The molecule has 1 aliphatic heterocycles. The Bertz CT molecular complexity index is 694. The van der Waals surface area contributed by atoms with Gasteiger partial charge in [-0.05, 0) is 45.7 Å². The standard InChI is InChI=1S/C19H27N3O5/c1-13-11-16(24)22(18(25)27-19(2,3)4)21-17(13)15-8-7-14(12-20-15)26-10-6-5-9-23/h7-8,12-13,23H,5-6,9-11H2,1-4H3. The molecule has 1 atom stereocenters. The first-order chi connectivity index (χ1) is 12.7. The van der Waals surface area contributed by atoms with E-state index < -0.39 is 17.6 Å².